The molecule has 0 aromatic carbocycles. The van der Waals surface area contributed by atoms with Gasteiger partial charge in [0.2, 0.25) is 0 Å². The second-order valence-corrected chi connectivity index (χ2v) is 13.1. The zero-order chi connectivity index (χ0) is 30.9. The summed E-state index contributed by atoms with van der Waals surface area (Å²) in [6.45, 7) is 5.90. The molecule has 0 aliphatic rings. The molecule has 0 aromatic rings. The van der Waals surface area contributed by atoms with Gasteiger partial charge in [-0.2, -0.15) is 5.06 Å². The molecule has 0 atom stereocenters. The second kappa shape index (κ2) is 32.8. The quantitative estimate of drug-likeness (QED) is 0.0574. The average molecular weight is 595 g/mol. The first-order chi connectivity index (χ1) is 20.5. The van der Waals surface area contributed by atoms with Crippen molar-refractivity contribution in [2.75, 3.05) is 27.2 Å². The van der Waals surface area contributed by atoms with Crippen molar-refractivity contribution in [3.63, 3.8) is 0 Å². The molecule has 0 unspecified atom stereocenters. The van der Waals surface area contributed by atoms with E-state index in [0.29, 0.717) is 19.4 Å². The van der Waals surface area contributed by atoms with Crippen LogP contribution >= 0.6 is 0 Å². The minimum absolute atomic E-state index is 0.0319. The Morgan fingerprint density at radius 2 is 0.762 bits per heavy atom. The van der Waals surface area contributed by atoms with Crippen molar-refractivity contribution in [2.24, 2.45) is 0 Å². The Balaban J connectivity index is 3.95. The van der Waals surface area contributed by atoms with Gasteiger partial charge in [-0.1, -0.05) is 168 Å². The molecule has 0 fully saturated rings. The van der Waals surface area contributed by atoms with Crippen molar-refractivity contribution < 1.29 is 14.4 Å². The van der Waals surface area contributed by atoms with Crippen molar-refractivity contribution in [3.05, 3.63) is 0 Å². The second-order valence-electron chi connectivity index (χ2n) is 13.1. The van der Waals surface area contributed by atoms with Gasteiger partial charge in [-0.3, -0.25) is 4.79 Å². The highest BCUT2D eigenvalue weighted by Gasteiger charge is 2.18. The van der Waals surface area contributed by atoms with E-state index in [4.69, 9.17) is 4.84 Å². The summed E-state index contributed by atoms with van der Waals surface area (Å²) in [7, 11) is 4.06. The van der Waals surface area contributed by atoms with Gasteiger partial charge in [-0.05, 0) is 39.9 Å². The molecule has 0 aliphatic heterocycles. The van der Waals surface area contributed by atoms with Gasteiger partial charge in [0.15, 0.2) is 0 Å². The monoisotopic (exact) mass is 595 g/mol. The van der Waals surface area contributed by atoms with Gasteiger partial charge in [-0.25, -0.2) is 4.79 Å². The SMILES string of the molecule is CCCCCCCCCCCCCCCC(=O)ON(CCCN(C)C)C(=O)CCCCCCCCCCCCCCC. The molecule has 0 N–H and O–H groups in total. The fourth-order valence-corrected chi connectivity index (χ4v) is 5.63. The van der Waals surface area contributed by atoms with E-state index in [9.17, 15) is 9.59 Å². The van der Waals surface area contributed by atoms with Crippen LogP contribution in [-0.4, -0.2) is 49.0 Å². The largest absolute Gasteiger partial charge is 0.338 e. The molecule has 0 rings (SSSR count). The highest BCUT2D eigenvalue weighted by molar-refractivity contribution is 5.78. The van der Waals surface area contributed by atoms with Gasteiger partial charge in [-0.15, -0.1) is 0 Å². The predicted octanol–water partition coefficient (Wildman–Crippen LogP) is 11.2. The van der Waals surface area contributed by atoms with Crippen LogP contribution in [0.25, 0.3) is 0 Å². The number of carbonyl (C=O) groups is 2. The van der Waals surface area contributed by atoms with Crippen LogP contribution in [0.5, 0.6) is 0 Å². The number of amides is 1. The molecule has 1 amide bonds. The maximum atomic E-state index is 12.9. The third kappa shape index (κ3) is 30.4. The Kier molecular flexibility index (Phi) is 31.9. The Morgan fingerprint density at radius 1 is 0.429 bits per heavy atom. The normalized spacial score (nSPS) is 11.4. The van der Waals surface area contributed by atoms with Gasteiger partial charge in [0.25, 0.3) is 5.91 Å². The van der Waals surface area contributed by atoms with Crippen LogP contribution in [0.3, 0.4) is 0 Å². The fraction of sp³-hybridized carbons (Fsp3) is 0.946. The minimum Gasteiger partial charge on any atom is -0.338 e. The summed E-state index contributed by atoms with van der Waals surface area (Å²) in [5, 5.41) is 1.37. The summed E-state index contributed by atoms with van der Waals surface area (Å²) < 4.78 is 0. The van der Waals surface area contributed by atoms with Gasteiger partial charge in [0, 0.05) is 12.8 Å². The van der Waals surface area contributed by atoms with Gasteiger partial charge in [0.05, 0.1) is 6.54 Å². The van der Waals surface area contributed by atoms with Crippen molar-refractivity contribution in [1.29, 1.82) is 0 Å². The first kappa shape index (κ1) is 40.9. The standard InChI is InChI=1S/C37H74N2O3/c1-5-7-9-11-13-15-17-19-21-23-25-27-29-32-36(40)39(35-31-34-38(3)4)42-37(41)33-30-28-26-24-22-20-18-16-14-12-10-8-6-2/h5-35H2,1-4H3. The Bertz CT molecular complexity index is 581. The highest BCUT2D eigenvalue weighted by Crippen LogP contribution is 2.15. The molecule has 0 aromatic heterocycles. The predicted molar refractivity (Wildman–Crippen MR) is 182 cm³/mol. The summed E-state index contributed by atoms with van der Waals surface area (Å²) in [5.74, 6) is -0.280. The molecule has 0 bridgehead atoms. The minimum atomic E-state index is -0.248. The molecule has 250 valence electrons. The Hall–Kier alpha value is -1.10. The van der Waals surface area contributed by atoms with Crippen LogP contribution in [0.2, 0.25) is 0 Å². The first-order valence-electron chi connectivity index (χ1n) is 18.7. The van der Waals surface area contributed by atoms with Gasteiger partial charge >= 0.3 is 5.97 Å². The van der Waals surface area contributed by atoms with E-state index in [1.807, 2.05) is 14.1 Å². The summed E-state index contributed by atoms with van der Waals surface area (Å²) in [6.07, 6.45) is 35.2. The van der Waals surface area contributed by atoms with E-state index in [0.717, 1.165) is 38.6 Å². The summed E-state index contributed by atoms with van der Waals surface area (Å²) in [5.41, 5.74) is 0. The summed E-state index contributed by atoms with van der Waals surface area (Å²) in [6, 6.07) is 0. The van der Waals surface area contributed by atoms with Crippen LogP contribution in [0.15, 0.2) is 0 Å². The molecular weight excluding hydrogens is 520 g/mol. The molecule has 0 aliphatic carbocycles. The lowest BCUT2D eigenvalue weighted by atomic mass is 10.0. The molecule has 0 heterocycles. The summed E-state index contributed by atoms with van der Waals surface area (Å²) >= 11 is 0. The average Bonchev–Trinajstić information content (AvgIpc) is 2.97. The van der Waals surface area contributed by atoms with E-state index >= 15 is 0 Å². The van der Waals surface area contributed by atoms with E-state index < -0.39 is 0 Å². The van der Waals surface area contributed by atoms with E-state index in [-0.39, 0.29) is 11.9 Å². The topological polar surface area (TPSA) is 49.9 Å². The number of carbonyl (C=O) groups excluding carboxylic acids is 2. The number of unbranched alkanes of at least 4 members (excludes halogenated alkanes) is 24. The van der Waals surface area contributed by atoms with Crippen LogP contribution in [0, 0.1) is 0 Å². The number of hydrogen-bond acceptors (Lipinski definition) is 4. The van der Waals surface area contributed by atoms with Crippen molar-refractivity contribution in [3.8, 4) is 0 Å². The number of hydrogen-bond donors (Lipinski definition) is 0. The maximum absolute atomic E-state index is 12.9. The van der Waals surface area contributed by atoms with Crippen LogP contribution in [0.1, 0.15) is 200 Å². The van der Waals surface area contributed by atoms with E-state index in [1.54, 1.807) is 0 Å². The van der Waals surface area contributed by atoms with E-state index in [1.165, 1.54) is 146 Å². The fourth-order valence-electron chi connectivity index (χ4n) is 5.63. The maximum Gasteiger partial charge on any atom is 0.332 e. The number of rotatable bonds is 32. The first-order valence-corrected chi connectivity index (χ1v) is 18.7. The zero-order valence-electron chi connectivity index (χ0n) is 29.0. The Morgan fingerprint density at radius 3 is 1.12 bits per heavy atom. The lowest BCUT2D eigenvalue weighted by Gasteiger charge is -2.22. The number of nitrogens with zero attached hydrogens (tertiary/aromatic N) is 2. The van der Waals surface area contributed by atoms with E-state index in [2.05, 4.69) is 18.7 Å². The van der Waals surface area contributed by atoms with Crippen LogP contribution < -0.4 is 0 Å². The lowest BCUT2D eigenvalue weighted by molar-refractivity contribution is -0.198. The molecule has 0 radical (unpaired) electrons. The van der Waals surface area contributed by atoms with Crippen LogP contribution in [0.4, 0.5) is 0 Å². The lowest BCUT2D eigenvalue weighted by Crippen LogP contribution is -2.35. The van der Waals surface area contributed by atoms with Crippen molar-refractivity contribution in [1.82, 2.24) is 9.96 Å². The molecule has 5 heteroatoms. The number of hydroxylamine groups is 2. The third-order valence-corrected chi connectivity index (χ3v) is 8.44. The van der Waals surface area contributed by atoms with Crippen molar-refractivity contribution >= 4 is 11.9 Å². The van der Waals surface area contributed by atoms with Gasteiger partial charge < -0.3 is 9.74 Å². The molecular formula is C37H74N2O3. The molecule has 0 saturated heterocycles. The van der Waals surface area contributed by atoms with Gasteiger partial charge in [0.1, 0.15) is 0 Å². The molecule has 0 spiro atoms. The molecule has 5 nitrogen and oxygen atoms in total. The smallest absolute Gasteiger partial charge is 0.332 e. The zero-order valence-corrected chi connectivity index (χ0v) is 29.0. The Labute approximate surface area is 263 Å². The highest BCUT2D eigenvalue weighted by atomic mass is 16.7. The van der Waals surface area contributed by atoms with Crippen LogP contribution in [-0.2, 0) is 14.4 Å². The molecule has 42 heavy (non-hydrogen) atoms. The third-order valence-electron chi connectivity index (χ3n) is 8.44. The summed E-state index contributed by atoms with van der Waals surface area (Å²) in [4.78, 5) is 33.1. The molecule has 0 saturated carbocycles. The van der Waals surface area contributed by atoms with Crippen molar-refractivity contribution in [2.45, 2.75) is 200 Å².